The summed E-state index contributed by atoms with van der Waals surface area (Å²) in [5.74, 6) is -1.68. The van der Waals surface area contributed by atoms with Gasteiger partial charge < -0.3 is 30.2 Å². The molecule has 2 heterocycles. The number of methoxy groups -OCH3 is 2. The van der Waals surface area contributed by atoms with Crippen LogP contribution in [0.4, 0.5) is 5.82 Å². The molecule has 0 aliphatic carbocycles. The summed E-state index contributed by atoms with van der Waals surface area (Å²) in [4.78, 5) is 39.3. The number of carbonyl (C=O) groups is 2. The summed E-state index contributed by atoms with van der Waals surface area (Å²) in [6, 6.07) is 0.185. The lowest BCUT2D eigenvalue weighted by molar-refractivity contribution is -0.143. The number of nitrogens with one attached hydrogen (secondary N) is 1. The van der Waals surface area contributed by atoms with Gasteiger partial charge in [-0.25, -0.2) is 19.2 Å². The van der Waals surface area contributed by atoms with Gasteiger partial charge in [0.05, 0.1) is 20.8 Å². The lowest BCUT2D eigenvalue weighted by atomic mass is 10.1. The Morgan fingerprint density at radius 3 is 2.51 bits per heavy atom. The summed E-state index contributed by atoms with van der Waals surface area (Å²) in [7, 11) is -2.15. The highest BCUT2D eigenvalue weighted by molar-refractivity contribution is 7.51. The van der Waals surface area contributed by atoms with Gasteiger partial charge in [-0.3, -0.25) is 18.4 Å². The first-order valence-corrected chi connectivity index (χ1v) is 12.1. The van der Waals surface area contributed by atoms with Crippen LogP contribution in [0.15, 0.2) is 17.1 Å². The van der Waals surface area contributed by atoms with Crippen molar-refractivity contribution in [3.05, 3.63) is 22.7 Å². The average molecular weight is 522 g/mol. The predicted octanol–water partition coefficient (Wildman–Crippen LogP) is -1.06. The van der Waals surface area contributed by atoms with Crippen molar-refractivity contribution >= 4 is 25.5 Å². The predicted molar refractivity (Wildman–Crippen MR) is 119 cm³/mol. The number of aromatic nitrogens is 2. The van der Waals surface area contributed by atoms with E-state index in [9.17, 15) is 29.2 Å². The van der Waals surface area contributed by atoms with Crippen LogP contribution in [0.3, 0.4) is 0 Å². The fraction of sp³-hybridized carbons (Fsp3) is 0.684. The maximum atomic E-state index is 13.4. The van der Waals surface area contributed by atoms with E-state index in [2.05, 4.69) is 14.8 Å². The Hall–Kier alpha value is -2.39. The van der Waals surface area contributed by atoms with Crippen molar-refractivity contribution in [2.24, 2.45) is 5.92 Å². The number of nitrogens with two attached hydrogens (primary N) is 1. The zero-order valence-electron chi connectivity index (χ0n) is 19.7. The third-order valence-corrected chi connectivity index (χ3v) is 6.54. The molecule has 15 nitrogen and oxygen atoms in total. The Kier molecular flexibility index (Phi) is 10.3. The van der Waals surface area contributed by atoms with Crippen LogP contribution in [0, 0.1) is 5.92 Å². The van der Waals surface area contributed by atoms with E-state index >= 15 is 0 Å². The molecule has 16 heteroatoms. The number of hydrogen-bond donors (Lipinski definition) is 4. The fourth-order valence-electron chi connectivity index (χ4n) is 3.20. The van der Waals surface area contributed by atoms with Crippen LogP contribution in [0.5, 0.6) is 0 Å². The van der Waals surface area contributed by atoms with Crippen LogP contribution in [-0.4, -0.2) is 83.5 Å². The monoisotopic (exact) mass is 522 g/mol. The van der Waals surface area contributed by atoms with Crippen molar-refractivity contribution < 1.29 is 47.6 Å². The van der Waals surface area contributed by atoms with Crippen LogP contribution in [0.25, 0.3) is 0 Å². The van der Waals surface area contributed by atoms with Gasteiger partial charge in [-0.15, -0.1) is 0 Å². The number of hydrogen-bond acceptors (Lipinski definition) is 13. The summed E-state index contributed by atoms with van der Waals surface area (Å²) >= 11 is 0. The molecular weight excluding hydrogens is 491 g/mol. The number of aliphatic hydroxyl groups is 2. The van der Waals surface area contributed by atoms with E-state index in [0.29, 0.717) is 0 Å². The molecule has 0 saturated carbocycles. The lowest BCUT2D eigenvalue weighted by Crippen LogP contribution is -2.39. The Labute approximate surface area is 201 Å². The smallest absolute Gasteiger partial charge is 0.406 e. The lowest BCUT2D eigenvalue weighted by Gasteiger charge is -2.26. The highest BCUT2D eigenvalue weighted by atomic mass is 31.2. The molecule has 2 unspecified atom stereocenters. The third kappa shape index (κ3) is 7.80. The highest BCUT2D eigenvalue weighted by Crippen LogP contribution is 2.46. The van der Waals surface area contributed by atoms with Gasteiger partial charge in [0.25, 0.3) is 0 Å². The minimum atomic E-state index is -4.39. The van der Waals surface area contributed by atoms with Crippen LogP contribution in [0.2, 0.25) is 0 Å². The van der Waals surface area contributed by atoms with Gasteiger partial charge in [-0.2, -0.15) is 4.98 Å². The van der Waals surface area contributed by atoms with Crippen molar-refractivity contribution in [3.63, 3.8) is 0 Å². The summed E-state index contributed by atoms with van der Waals surface area (Å²) in [6.07, 6.45) is -4.33. The van der Waals surface area contributed by atoms with Gasteiger partial charge in [0, 0.05) is 6.20 Å². The SMILES string of the molecule is COC(=O)COP(=O)(N[C@@H](CC(C)C)C(=O)OC)OC[C@H]1O[C@H](n2ccc(N)nc2=O)[C@H](O)C1O. The fourth-order valence-corrected chi connectivity index (χ4v) is 4.64. The second-order valence-corrected chi connectivity index (χ2v) is 9.84. The molecule has 0 bridgehead atoms. The molecule has 1 aliphatic rings. The first kappa shape index (κ1) is 28.8. The molecule has 0 spiro atoms. The summed E-state index contributed by atoms with van der Waals surface area (Å²) < 4.78 is 39.5. The van der Waals surface area contributed by atoms with Crippen LogP contribution < -0.4 is 16.5 Å². The quantitative estimate of drug-likeness (QED) is 0.190. The Morgan fingerprint density at radius 2 is 1.94 bits per heavy atom. The number of carbonyl (C=O) groups excluding carboxylic acids is 2. The van der Waals surface area contributed by atoms with E-state index in [4.69, 9.17) is 24.3 Å². The van der Waals surface area contributed by atoms with E-state index in [-0.39, 0.29) is 18.2 Å². The maximum Gasteiger partial charge on any atom is 0.406 e. The van der Waals surface area contributed by atoms with E-state index < -0.39 is 69.2 Å². The molecule has 1 aromatic heterocycles. The molecule has 0 radical (unpaired) electrons. The number of nitrogens with zero attached hydrogens (tertiary/aromatic N) is 2. The summed E-state index contributed by atoms with van der Waals surface area (Å²) in [5.41, 5.74) is 4.63. The van der Waals surface area contributed by atoms with E-state index in [1.165, 1.54) is 12.3 Å². The molecular formula is C19H31N4O11P. The number of aliphatic hydroxyl groups excluding tert-OH is 2. The zero-order chi connectivity index (χ0) is 26.3. The summed E-state index contributed by atoms with van der Waals surface area (Å²) in [5, 5.41) is 23.2. The van der Waals surface area contributed by atoms with Crippen molar-refractivity contribution in [2.75, 3.05) is 33.2 Å². The van der Waals surface area contributed by atoms with E-state index in [1.54, 1.807) is 0 Å². The van der Waals surface area contributed by atoms with Gasteiger partial charge in [-0.1, -0.05) is 13.8 Å². The second kappa shape index (κ2) is 12.5. The molecule has 5 N–H and O–H groups in total. The molecule has 2 rings (SSSR count). The van der Waals surface area contributed by atoms with Gasteiger partial charge in [0.2, 0.25) is 0 Å². The van der Waals surface area contributed by atoms with Crippen LogP contribution in [0.1, 0.15) is 26.5 Å². The molecule has 35 heavy (non-hydrogen) atoms. The first-order valence-electron chi connectivity index (χ1n) is 10.6. The van der Waals surface area contributed by atoms with Crippen LogP contribution >= 0.6 is 7.75 Å². The van der Waals surface area contributed by atoms with Gasteiger partial charge in [-0.05, 0) is 18.4 Å². The Morgan fingerprint density at radius 1 is 1.26 bits per heavy atom. The number of nitrogen functional groups attached to an aromatic ring is 1. The number of rotatable bonds is 12. The van der Waals surface area contributed by atoms with Crippen molar-refractivity contribution in [1.82, 2.24) is 14.6 Å². The standard InChI is InChI=1S/C19H31N4O11P/c1-10(2)7-11(18(27)31-4)22-35(29,33-9-14(24)30-3)32-8-12-15(25)16(26)17(34-12)23-6-5-13(20)21-19(23)28/h5-6,10-12,15-17,25-26H,7-9H2,1-4H3,(H,22,29)(H2,20,21,28)/t11-,12+,15?,16+,17-,35?/m0/s1. The average Bonchev–Trinajstić information content (AvgIpc) is 3.08. The zero-order valence-corrected chi connectivity index (χ0v) is 20.6. The molecule has 0 amide bonds. The molecule has 0 aromatic carbocycles. The normalized spacial score (nSPS) is 24.7. The second-order valence-electron chi connectivity index (χ2n) is 8.07. The molecule has 1 saturated heterocycles. The van der Waals surface area contributed by atoms with Gasteiger partial charge in [0.1, 0.15) is 30.2 Å². The number of esters is 2. The Balaban J connectivity index is 2.19. The third-order valence-electron chi connectivity index (χ3n) is 4.96. The number of anilines is 1. The largest absolute Gasteiger partial charge is 0.468 e. The van der Waals surface area contributed by atoms with Crippen LogP contribution in [-0.2, 0) is 37.4 Å². The molecule has 1 fully saturated rings. The number of ether oxygens (including phenoxy) is 3. The maximum absolute atomic E-state index is 13.4. The van der Waals surface area contributed by atoms with Crippen molar-refractivity contribution in [2.45, 2.75) is 50.8 Å². The van der Waals surface area contributed by atoms with Gasteiger partial charge in [0.15, 0.2) is 12.8 Å². The minimum absolute atomic E-state index is 0.0246. The topological polar surface area (TPSA) is 211 Å². The van der Waals surface area contributed by atoms with Crippen molar-refractivity contribution in [3.8, 4) is 0 Å². The highest BCUT2D eigenvalue weighted by Gasteiger charge is 2.46. The van der Waals surface area contributed by atoms with E-state index in [1.807, 2.05) is 13.8 Å². The molecule has 6 atom stereocenters. The summed E-state index contributed by atoms with van der Waals surface area (Å²) in [6.45, 7) is 2.24. The molecule has 1 aliphatic heterocycles. The molecule has 1 aromatic rings. The van der Waals surface area contributed by atoms with E-state index in [0.717, 1.165) is 18.8 Å². The Bertz CT molecular complexity index is 988. The molecule has 198 valence electrons. The van der Waals surface area contributed by atoms with Crippen molar-refractivity contribution in [1.29, 1.82) is 0 Å². The minimum Gasteiger partial charge on any atom is -0.468 e. The first-order chi connectivity index (χ1) is 16.4. The van der Waals surface area contributed by atoms with Gasteiger partial charge >= 0.3 is 25.4 Å².